The quantitative estimate of drug-likeness (QED) is 0.924. The molecular weight excluding hydrogens is 251 g/mol. The molecule has 0 aliphatic heterocycles. The molecule has 0 fully saturated rings. The third-order valence-electron chi connectivity index (χ3n) is 2.31. The third kappa shape index (κ3) is 2.78. The van der Waals surface area contributed by atoms with E-state index in [0.717, 1.165) is 0 Å². The van der Waals surface area contributed by atoms with Gasteiger partial charge in [-0.2, -0.15) is 0 Å². The van der Waals surface area contributed by atoms with Crippen molar-refractivity contribution in [2.45, 2.75) is 0 Å². The maximum atomic E-state index is 11.9. The Bertz CT molecular complexity index is 558. The van der Waals surface area contributed by atoms with Crippen LogP contribution >= 0.6 is 11.6 Å². The number of ether oxygens (including phenoxy) is 1. The van der Waals surface area contributed by atoms with Crippen molar-refractivity contribution in [3.63, 3.8) is 0 Å². The molecule has 1 N–H and O–H groups in total. The van der Waals surface area contributed by atoms with Gasteiger partial charge in [0.1, 0.15) is 11.4 Å². The van der Waals surface area contributed by atoms with Crippen LogP contribution in [-0.2, 0) is 0 Å². The molecule has 2 rings (SSSR count). The van der Waals surface area contributed by atoms with Crippen molar-refractivity contribution in [2.24, 2.45) is 0 Å². The Hall–Kier alpha value is -2.07. The van der Waals surface area contributed by atoms with E-state index in [0.29, 0.717) is 22.2 Å². The number of methoxy groups -OCH3 is 1. The van der Waals surface area contributed by atoms with Gasteiger partial charge in [-0.05, 0) is 24.3 Å². The van der Waals surface area contributed by atoms with Gasteiger partial charge in [-0.25, -0.2) is 0 Å². The molecule has 18 heavy (non-hydrogen) atoms. The second-order valence-corrected chi connectivity index (χ2v) is 3.93. The van der Waals surface area contributed by atoms with Crippen molar-refractivity contribution < 1.29 is 9.53 Å². The molecule has 0 atom stereocenters. The number of carbonyl (C=O) groups is 1. The van der Waals surface area contributed by atoms with Crippen LogP contribution < -0.4 is 10.1 Å². The largest absolute Gasteiger partial charge is 0.495 e. The van der Waals surface area contributed by atoms with Crippen molar-refractivity contribution in [1.82, 2.24) is 4.98 Å². The topological polar surface area (TPSA) is 51.2 Å². The Morgan fingerprint density at radius 3 is 2.83 bits per heavy atom. The molecular formula is C13H11ClN2O2. The van der Waals surface area contributed by atoms with Gasteiger partial charge in [0.15, 0.2) is 0 Å². The number of aromatic nitrogens is 1. The zero-order valence-electron chi connectivity index (χ0n) is 9.68. The summed E-state index contributed by atoms with van der Waals surface area (Å²) in [6.45, 7) is 0. The van der Waals surface area contributed by atoms with Crippen LogP contribution in [0.25, 0.3) is 0 Å². The molecule has 5 heteroatoms. The van der Waals surface area contributed by atoms with Gasteiger partial charge in [-0.15, -0.1) is 0 Å². The molecule has 92 valence electrons. The Morgan fingerprint density at radius 2 is 2.17 bits per heavy atom. The Labute approximate surface area is 110 Å². The molecule has 1 aromatic carbocycles. The fourth-order valence-electron chi connectivity index (χ4n) is 1.43. The lowest BCUT2D eigenvalue weighted by Gasteiger charge is -2.07. The number of anilines is 1. The maximum Gasteiger partial charge on any atom is 0.274 e. The van der Waals surface area contributed by atoms with Crippen molar-refractivity contribution >= 4 is 23.2 Å². The summed E-state index contributed by atoms with van der Waals surface area (Å²) in [7, 11) is 1.52. The molecule has 0 unspecified atom stereocenters. The van der Waals surface area contributed by atoms with Gasteiger partial charge in [0.25, 0.3) is 5.91 Å². The number of hydrogen-bond donors (Lipinski definition) is 1. The van der Waals surface area contributed by atoms with E-state index in [4.69, 9.17) is 16.3 Å². The summed E-state index contributed by atoms with van der Waals surface area (Å²) >= 11 is 5.90. The second-order valence-electron chi connectivity index (χ2n) is 3.52. The number of nitrogens with zero attached hydrogens (tertiary/aromatic N) is 1. The highest BCUT2D eigenvalue weighted by atomic mass is 35.5. The monoisotopic (exact) mass is 261 g/mol. The number of nitrogens with one attached hydrogen (secondary N) is 1. The summed E-state index contributed by atoms with van der Waals surface area (Å²) < 4.78 is 5.07. The highest BCUT2D eigenvalue weighted by Crippen LogP contribution is 2.27. The predicted molar refractivity (Wildman–Crippen MR) is 70.2 cm³/mol. The number of amides is 1. The number of benzene rings is 1. The molecule has 0 aliphatic rings. The van der Waals surface area contributed by atoms with Gasteiger partial charge in [-0.1, -0.05) is 17.7 Å². The van der Waals surface area contributed by atoms with E-state index >= 15 is 0 Å². The van der Waals surface area contributed by atoms with Gasteiger partial charge in [0.2, 0.25) is 0 Å². The zero-order valence-corrected chi connectivity index (χ0v) is 10.4. The van der Waals surface area contributed by atoms with Crippen molar-refractivity contribution in [3.05, 3.63) is 53.3 Å². The van der Waals surface area contributed by atoms with Crippen molar-refractivity contribution in [1.29, 1.82) is 0 Å². The second kappa shape index (κ2) is 5.51. The minimum absolute atomic E-state index is 0.278. The first-order valence-corrected chi connectivity index (χ1v) is 5.64. The lowest BCUT2D eigenvalue weighted by atomic mass is 10.2. The first-order valence-electron chi connectivity index (χ1n) is 5.26. The zero-order chi connectivity index (χ0) is 13.0. The summed E-state index contributed by atoms with van der Waals surface area (Å²) in [6, 6.07) is 10.2. The summed E-state index contributed by atoms with van der Waals surface area (Å²) in [5.41, 5.74) is 0.957. The highest BCUT2D eigenvalue weighted by Gasteiger charge is 2.08. The number of pyridine rings is 1. The summed E-state index contributed by atoms with van der Waals surface area (Å²) in [4.78, 5) is 15.8. The van der Waals surface area contributed by atoms with Crippen LogP contribution in [0, 0.1) is 0 Å². The van der Waals surface area contributed by atoms with Gasteiger partial charge < -0.3 is 10.1 Å². The number of rotatable bonds is 3. The molecule has 0 saturated heterocycles. The van der Waals surface area contributed by atoms with Crippen LogP contribution in [0.1, 0.15) is 10.5 Å². The SMILES string of the molecule is [11CH3]Oc1cc(NC(=O)c2ccccn2)ccc1Cl. The van der Waals surface area contributed by atoms with Crippen LogP contribution in [0.4, 0.5) is 5.69 Å². The fourth-order valence-corrected chi connectivity index (χ4v) is 1.62. The third-order valence-corrected chi connectivity index (χ3v) is 2.62. The maximum absolute atomic E-state index is 11.9. The molecule has 0 radical (unpaired) electrons. The lowest BCUT2D eigenvalue weighted by molar-refractivity contribution is 0.102. The number of hydrogen-bond acceptors (Lipinski definition) is 3. The molecule has 0 spiro atoms. The van der Waals surface area contributed by atoms with Crippen molar-refractivity contribution in [3.8, 4) is 5.75 Å². The van der Waals surface area contributed by atoms with E-state index in [9.17, 15) is 4.79 Å². The van der Waals surface area contributed by atoms with Gasteiger partial charge in [0.05, 0.1) is 12.1 Å². The van der Waals surface area contributed by atoms with E-state index < -0.39 is 0 Å². The van der Waals surface area contributed by atoms with E-state index in [1.807, 2.05) is 0 Å². The van der Waals surface area contributed by atoms with E-state index in [1.165, 1.54) is 7.11 Å². The van der Waals surface area contributed by atoms with Gasteiger partial charge in [0, 0.05) is 18.0 Å². The number of halogens is 1. The van der Waals surface area contributed by atoms with E-state index in [2.05, 4.69) is 10.3 Å². The Morgan fingerprint density at radius 1 is 1.33 bits per heavy atom. The first kappa shape index (κ1) is 12.4. The normalized spacial score (nSPS) is 9.89. The Balaban J connectivity index is 2.17. The van der Waals surface area contributed by atoms with Crippen LogP contribution in [0.2, 0.25) is 5.02 Å². The molecule has 0 aliphatic carbocycles. The average Bonchev–Trinajstić information content (AvgIpc) is 2.42. The summed E-state index contributed by atoms with van der Waals surface area (Å²) in [5.74, 6) is 0.232. The standard InChI is InChI=1S/C13H11ClN2O2/c1-18-12-8-9(5-6-10(12)14)16-13(17)11-4-2-3-7-15-11/h2-8H,1H3,(H,16,17)/i1-1. The van der Waals surface area contributed by atoms with E-state index in [-0.39, 0.29) is 5.91 Å². The van der Waals surface area contributed by atoms with E-state index in [1.54, 1.807) is 42.6 Å². The van der Waals surface area contributed by atoms with Crippen LogP contribution in [-0.4, -0.2) is 18.0 Å². The Kier molecular flexibility index (Phi) is 3.79. The lowest BCUT2D eigenvalue weighted by Crippen LogP contribution is -2.13. The fraction of sp³-hybridized carbons (Fsp3) is 0.0769. The predicted octanol–water partition coefficient (Wildman–Crippen LogP) is 3.00. The van der Waals surface area contributed by atoms with Gasteiger partial charge in [-0.3, -0.25) is 9.78 Å². The van der Waals surface area contributed by atoms with Crippen LogP contribution in [0.15, 0.2) is 42.6 Å². The molecule has 1 heterocycles. The smallest absolute Gasteiger partial charge is 0.274 e. The molecule has 4 nitrogen and oxygen atoms in total. The molecule has 1 amide bonds. The molecule has 0 bridgehead atoms. The molecule has 0 saturated carbocycles. The van der Waals surface area contributed by atoms with Crippen LogP contribution in [0.3, 0.4) is 0 Å². The number of carbonyl (C=O) groups excluding carboxylic acids is 1. The molecule has 1 aromatic heterocycles. The van der Waals surface area contributed by atoms with Gasteiger partial charge >= 0.3 is 0 Å². The van der Waals surface area contributed by atoms with Crippen LogP contribution in [0.5, 0.6) is 5.75 Å². The highest BCUT2D eigenvalue weighted by molar-refractivity contribution is 6.32. The first-order chi connectivity index (χ1) is 8.70. The van der Waals surface area contributed by atoms with Crippen molar-refractivity contribution in [2.75, 3.05) is 12.4 Å². The minimum atomic E-state index is -0.278. The average molecular weight is 262 g/mol. The molecule has 2 aromatic rings. The summed E-state index contributed by atoms with van der Waals surface area (Å²) in [6.07, 6.45) is 1.57. The minimum Gasteiger partial charge on any atom is -0.495 e. The summed E-state index contributed by atoms with van der Waals surface area (Å²) in [5, 5.41) is 3.21.